The lowest BCUT2D eigenvalue weighted by Gasteiger charge is -2.28. The summed E-state index contributed by atoms with van der Waals surface area (Å²) in [4.78, 5) is 14.1. The first-order chi connectivity index (χ1) is 8.31. The molecule has 0 saturated carbocycles. The zero-order valence-corrected chi connectivity index (χ0v) is 10.8. The van der Waals surface area contributed by atoms with Gasteiger partial charge in [-0.15, -0.1) is 0 Å². The molecule has 94 valence electrons. The standard InChI is InChI=1S/C13H19NO2S/c15-9-12-4-2-1-3-6-14(12)13(16)8-11-5-7-17-10-11/h5,7,10,12,15H,1-4,6,8-9H2. The number of aliphatic hydroxyl groups is 1. The van der Waals surface area contributed by atoms with Gasteiger partial charge in [0.05, 0.1) is 19.1 Å². The first kappa shape index (κ1) is 12.6. The molecule has 3 nitrogen and oxygen atoms in total. The van der Waals surface area contributed by atoms with E-state index < -0.39 is 0 Å². The summed E-state index contributed by atoms with van der Waals surface area (Å²) in [6.45, 7) is 0.892. The molecule has 1 amide bonds. The van der Waals surface area contributed by atoms with Crippen molar-refractivity contribution in [3.63, 3.8) is 0 Å². The number of hydrogen-bond acceptors (Lipinski definition) is 3. The number of nitrogens with zero attached hydrogens (tertiary/aromatic N) is 1. The molecule has 0 aromatic carbocycles. The van der Waals surface area contributed by atoms with E-state index in [4.69, 9.17) is 0 Å². The highest BCUT2D eigenvalue weighted by Gasteiger charge is 2.24. The first-order valence-electron chi connectivity index (χ1n) is 6.22. The summed E-state index contributed by atoms with van der Waals surface area (Å²) < 4.78 is 0. The van der Waals surface area contributed by atoms with E-state index in [1.165, 1.54) is 6.42 Å². The van der Waals surface area contributed by atoms with E-state index in [0.29, 0.717) is 6.42 Å². The van der Waals surface area contributed by atoms with Crippen molar-refractivity contribution in [2.45, 2.75) is 38.1 Å². The fourth-order valence-electron chi connectivity index (χ4n) is 2.36. The van der Waals surface area contributed by atoms with Crippen molar-refractivity contribution in [2.24, 2.45) is 0 Å². The summed E-state index contributed by atoms with van der Waals surface area (Å²) in [6, 6.07) is 2.03. The van der Waals surface area contributed by atoms with Crippen LogP contribution in [0.3, 0.4) is 0 Å². The van der Waals surface area contributed by atoms with Crippen LogP contribution in [0, 0.1) is 0 Å². The van der Waals surface area contributed by atoms with Crippen LogP contribution in [0.5, 0.6) is 0 Å². The second-order valence-corrected chi connectivity index (χ2v) is 5.36. The quantitative estimate of drug-likeness (QED) is 0.895. The molecular weight excluding hydrogens is 234 g/mol. The molecule has 2 rings (SSSR count). The van der Waals surface area contributed by atoms with Crippen molar-refractivity contribution in [3.05, 3.63) is 22.4 Å². The number of amides is 1. The third-order valence-corrected chi connectivity index (χ3v) is 4.08. The highest BCUT2D eigenvalue weighted by Crippen LogP contribution is 2.18. The van der Waals surface area contributed by atoms with Crippen LogP contribution < -0.4 is 0 Å². The van der Waals surface area contributed by atoms with Crippen LogP contribution in [0.25, 0.3) is 0 Å². The zero-order valence-electron chi connectivity index (χ0n) is 9.97. The molecule has 17 heavy (non-hydrogen) atoms. The SMILES string of the molecule is O=C(Cc1ccsc1)N1CCCCCC1CO. The second kappa shape index (κ2) is 6.17. The van der Waals surface area contributed by atoms with Crippen LogP contribution in [-0.2, 0) is 11.2 Å². The molecule has 0 radical (unpaired) electrons. The van der Waals surface area contributed by atoms with Gasteiger partial charge in [-0.25, -0.2) is 0 Å². The molecule has 1 N–H and O–H groups in total. The van der Waals surface area contributed by atoms with Crippen molar-refractivity contribution in [3.8, 4) is 0 Å². The molecule has 0 spiro atoms. The van der Waals surface area contributed by atoms with Crippen LogP contribution in [-0.4, -0.2) is 35.1 Å². The molecule has 1 unspecified atom stereocenters. The number of rotatable bonds is 3. The maximum Gasteiger partial charge on any atom is 0.227 e. The van der Waals surface area contributed by atoms with Gasteiger partial charge in [-0.05, 0) is 35.2 Å². The van der Waals surface area contributed by atoms with Crippen LogP contribution in [0.1, 0.15) is 31.2 Å². The Kier molecular flexibility index (Phi) is 4.57. The number of likely N-dealkylation sites (tertiary alicyclic amines) is 1. The second-order valence-electron chi connectivity index (χ2n) is 4.58. The van der Waals surface area contributed by atoms with E-state index in [-0.39, 0.29) is 18.6 Å². The van der Waals surface area contributed by atoms with E-state index in [9.17, 15) is 9.90 Å². The molecular formula is C13H19NO2S. The Morgan fingerprint density at radius 1 is 1.47 bits per heavy atom. The zero-order chi connectivity index (χ0) is 12.1. The van der Waals surface area contributed by atoms with Crippen molar-refractivity contribution in [1.29, 1.82) is 0 Å². The molecule has 1 aromatic rings. The van der Waals surface area contributed by atoms with Crippen molar-refractivity contribution < 1.29 is 9.90 Å². The predicted octanol–water partition coefficient (Wildman–Crippen LogP) is 2.05. The molecule has 1 aliphatic heterocycles. The fourth-order valence-corrected chi connectivity index (χ4v) is 3.03. The molecule has 1 saturated heterocycles. The van der Waals surface area contributed by atoms with Gasteiger partial charge in [-0.2, -0.15) is 11.3 Å². The van der Waals surface area contributed by atoms with Crippen molar-refractivity contribution in [2.75, 3.05) is 13.2 Å². The van der Waals surface area contributed by atoms with Gasteiger partial charge in [0.25, 0.3) is 0 Å². The summed E-state index contributed by atoms with van der Waals surface area (Å²) in [6.07, 6.45) is 4.75. The lowest BCUT2D eigenvalue weighted by Crippen LogP contribution is -2.42. The maximum absolute atomic E-state index is 12.2. The minimum Gasteiger partial charge on any atom is -0.394 e. The topological polar surface area (TPSA) is 40.5 Å². The molecule has 1 fully saturated rings. The highest BCUT2D eigenvalue weighted by atomic mass is 32.1. The number of aliphatic hydroxyl groups excluding tert-OH is 1. The normalized spacial score (nSPS) is 21.2. The molecule has 1 aliphatic rings. The number of hydrogen-bond donors (Lipinski definition) is 1. The van der Waals surface area contributed by atoms with E-state index >= 15 is 0 Å². The highest BCUT2D eigenvalue weighted by molar-refractivity contribution is 7.07. The number of carbonyl (C=O) groups excluding carboxylic acids is 1. The first-order valence-corrected chi connectivity index (χ1v) is 7.17. The van der Waals surface area contributed by atoms with Gasteiger partial charge in [0, 0.05) is 6.54 Å². The Morgan fingerprint density at radius 2 is 2.35 bits per heavy atom. The van der Waals surface area contributed by atoms with Crippen molar-refractivity contribution >= 4 is 17.2 Å². The van der Waals surface area contributed by atoms with Gasteiger partial charge < -0.3 is 10.0 Å². The van der Waals surface area contributed by atoms with Crippen LogP contribution in [0.15, 0.2) is 16.8 Å². The van der Waals surface area contributed by atoms with Gasteiger partial charge in [0.1, 0.15) is 0 Å². The summed E-state index contributed by atoms with van der Waals surface area (Å²) in [5.41, 5.74) is 1.08. The lowest BCUT2D eigenvalue weighted by molar-refractivity contribution is -0.133. The van der Waals surface area contributed by atoms with Gasteiger partial charge in [-0.3, -0.25) is 4.79 Å². The molecule has 1 aromatic heterocycles. The van der Waals surface area contributed by atoms with Gasteiger partial charge in [0.2, 0.25) is 5.91 Å². The number of thiophene rings is 1. The van der Waals surface area contributed by atoms with Crippen LogP contribution in [0.2, 0.25) is 0 Å². The monoisotopic (exact) mass is 253 g/mol. The van der Waals surface area contributed by atoms with Gasteiger partial charge >= 0.3 is 0 Å². The van der Waals surface area contributed by atoms with Crippen LogP contribution >= 0.6 is 11.3 Å². The Labute approximate surface area is 106 Å². The molecule has 1 atom stereocenters. The molecule has 0 aliphatic carbocycles. The van der Waals surface area contributed by atoms with Gasteiger partial charge in [0.15, 0.2) is 0 Å². The average molecular weight is 253 g/mol. The Hall–Kier alpha value is -0.870. The predicted molar refractivity (Wildman–Crippen MR) is 69.1 cm³/mol. The minimum atomic E-state index is 0.0311. The third kappa shape index (κ3) is 3.30. The van der Waals surface area contributed by atoms with E-state index in [2.05, 4.69) is 0 Å². The summed E-state index contributed by atoms with van der Waals surface area (Å²) in [5.74, 6) is 0.157. The summed E-state index contributed by atoms with van der Waals surface area (Å²) in [5, 5.41) is 13.4. The van der Waals surface area contributed by atoms with E-state index in [0.717, 1.165) is 31.4 Å². The van der Waals surface area contributed by atoms with E-state index in [1.54, 1.807) is 11.3 Å². The molecule has 2 heterocycles. The van der Waals surface area contributed by atoms with E-state index in [1.807, 2.05) is 21.7 Å². The Bertz CT molecular complexity index is 350. The average Bonchev–Trinajstić information content (AvgIpc) is 2.71. The largest absolute Gasteiger partial charge is 0.394 e. The lowest BCUT2D eigenvalue weighted by atomic mass is 10.1. The Balaban J connectivity index is 2.00. The maximum atomic E-state index is 12.2. The smallest absolute Gasteiger partial charge is 0.227 e. The number of carbonyl (C=O) groups is 1. The molecule has 0 bridgehead atoms. The fraction of sp³-hybridized carbons (Fsp3) is 0.615. The summed E-state index contributed by atoms with van der Waals surface area (Å²) >= 11 is 1.62. The molecule has 4 heteroatoms. The van der Waals surface area contributed by atoms with Crippen LogP contribution in [0.4, 0.5) is 0 Å². The minimum absolute atomic E-state index is 0.0311. The summed E-state index contributed by atoms with van der Waals surface area (Å²) in [7, 11) is 0. The third-order valence-electron chi connectivity index (χ3n) is 3.34. The van der Waals surface area contributed by atoms with Gasteiger partial charge in [-0.1, -0.05) is 12.8 Å². The Morgan fingerprint density at radius 3 is 3.06 bits per heavy atom. The van der Waals surface area contributed by atoms with Crippen molar-refractivity contribution in [1.82, 2.24) is 4.90 Å².